The highest BCUT2D eigenvalue weighted by Gasteiger charge is 2.04. The van der Waals surface area contributed by atoms with E-state index in [4.69, 9.17) is 5.73 Å². The van der Waals surface area contributed by atoms with E-state index in [1.54, 1.807) is 0 Å². The summed E-state index contributed by atoms with van der Waals surface area (Å²) in [5.41, 5.74) is 8.37. The zero-order chi connectivity index (χ0) is 13.0. The van der Waals surface area contributed by atoms with Gasteiger partial charge in [-0.1, -0.05) is 44.2 Å². The van der Waals surface area contributed by atoms with Gasteiger partial charge < -0.3 is 5.73 Å². The Hall–Kier alpha value is -1.38. The molecule has 0 atom stereocenters. The van der Waals surface area contributed by atoms with E-state index in [0.717, 1.165) is 19.6 Å². The average molecular weight is 242 g/mol. The first-order valence-electron chi connectivity index (χ1n) is 6.71. The van der Waals surface area contributed by atoms with E-state index >= 15 is 0 Å². The monoisotopic (exact) mass is 242 g/mol. The summed E-state index contributed by atoms with van der Waals surface area (Å²) >= 11 is 0. The van der Waals surface area contributed by atoms with Crippen molar-refractivity contribution >= 4 is 10.8 Å². The summed E-state index contributed by atoms with van der Waals surface area (Å²) < 4.78 is 0. The second kappa shape index (κ2) is 5.98. The van der Waals surface area contributed by atoms with Gasteiger partial charge in [0, 0.05) is 13.1 Å². The maximum absolute atomic E-state index is 5.77. The van der Waals surface area contributed by atoms with Gasteiger partial charge in [0.1, 0.15) is 0 Å². The van der Waals surface area contributed by atoms with Gasteiger partial charge in [-0.2, -0.15) is 0 Å². The Morgan fingerprint density at radius 2 is 1.83 bits per heavy atom. The van der Waals surface area contributed by atoms with Gasteiger partial charge in [-0.05, 0) is 41.1 Å². The summed E-state index contributed by atoms with van der Waals surface area (Å²) in [6.45, 7) is 8.23. The fourth-order valence-electron chi connectivity index (χ4n) is 2.38. The molecule has 0 aliphatic rings. The zero-order valence-electron chi connectivity index (χ0n) is 11.3. The maximum atomic E-state index is 5.77. The molecule has 96 valence electrons. The van der Waals surface area contributed by atoms with Gasteiger partial charge in [0.15, 0.2) is 0 Å². The van der Waals surface area contributed by atoms with Crippen molar-refractivity contribution in [2.45, 2.75) is 26.9 Å². The topological polar surface area (TPSA) is 29.3 Å². The van der Waals surface area contributed by atoms with Crippen molar-refractivity contribution in [3.63, 3.8) is 0 Å². The normalized spacial score (nSPS) is 11.3. The Balaban J connectivity index is 2.33. The molecule has 0 heterocycles. The lowest BCUT2D eigenvalue weighted by molar-refractivity contribution is 0.296. The molecule has 18 heavy (non-hydrogen) atoms. The minimum atomic E-state index is 0.604. The highest BCUT2D eigenvalue weighted by molar-refractivity contribution is 5.86. The van der Waals surface area contributed by atoms with Crippen LogP contribution in [0.4, 0.5) is 0 Å². The molecule has 0 fully saturated rings. The van der Waals surface area contributed by atoms with Crippen molar-refractivity contribution in [2.24, 2.45) is 5.73 Å². The molecule has 2 nitrogen and oxygen atoms in total. The molecule has 0 radical (unpaired) electrons. The van der Waals surface area contributed by atoms with Crippen LogP contribution >= 0.6 is 0 Å². The minimum Gasteiger partial charge on any atom is -0.326 e. The van der Waals surface area contributed by atoms with Crippen molar-refractivity contribution < 1.29 is 0 Å². The van der Waals surface area contributed by atoms with E-state index in [2.05, 4.69) is 55.1 Å². The van der Waals surface area contributed by atoms with Crippen molar-refractivity contribution in [2.75, 3.05) is 13.1 Å². The van der Waals surface area contributed by atoms with Gasteiger partial charge in [0.05, 0.1) is 0 Å². The predicted molar refractivity (Wildman–Crippen MR) is 78.5 cm³/mol. The summed E-state index contributed by atoms with van der Waals surface area (Å²) in [5.74, 6) is 0. The average Bonchev–Trinajstić information content (AvgIpc) is 2.43. The van der Waals surface area contributed by atoms with Gasteiger partial charge in [-0.3, -0.25) is 4.90 Å². The maximum Gasteiger partial charge on any atom is 0.0233 e. The van der Waals surface area contributed by atoms with Crippen LogP contribution in [0.25, 0.3) is 10.8 Å². The summed E-state index contributed by atoms with van der Waals surface area (Å²) in [7, 11) is 0. The Kier molecular flexibility index (Phi) is 4.34. The summed E-state index contributed by atoms with van der Waals surface area (Å²) in [5, 5.41) is 2.57. The molecule has 0 bridgehead atoms. The smallest absolute Gasteiger partial charge is 0.0233 e. The van der Waals surface area contributed by atoms with Crippen LogP contribution in [-0.4, -0.2) is 18.0 Å². The van der Waals surface area contributed by atoms with Crippen molar-refractivity contribution in [3.8, 4) is 0 Å². The SMILES string of the molecule is CCN(CC)Cc1ccc2c(CN)cccc2c1. The van der Waals surface area contributed by atoms with E-state index in [1.807, 2.05) is 0 Å². The number of nitrogens with zero attached hydrogens (tertiary/aromatic N) is 1. The predicted octanol–water partition coefficient (Wildman–Crippen LogP) is 3.14. The molecule has 0 amide bonds. The number of benzene rings is 2. The Bertz CT molecular complexity index is 515. The van der Waals surface area contributed by atoms with Crippen molar-refractivity contribution in [1.29, 1.82) is 0 Å². The Morgan fingerprint density at radius 3 is 2.50 bits per heavy atom. The molecular weight excluding hydrogens is 220 g/mol. The van der Waals surface area contributed by atoms with Crippen LogP contribution < -0.4 is 5.73 Å². The molecule has 2 N–H and O–H groups in total. The number of rotatable bonds is 5. The third kappa shape index (κ3) is 2.71. The van der Waals surface area contributed by atoms with Gasteiger partial charge >= 0.3 is 0 Å². The van der Waals surface area contributed by atoms with Crippen LogP contribution in [0.3, 0.4) is 0 Å². The molecule has 0 saturated carbocycles. The summed E-state index contributed by atoms with van der Waals surface area (Å²) in [6.07, 6.45) is 0. The molecule has 0 spiro atoms. The summed E-state index contributed by atoms with van der Waals surface area (Å²) in [4.78, 5) is 2.42. The van der Waals surface area contributed by atoms with Gasteiger partial charge in [-0.15, -0.1) is 0 Å². The van der Waals surface area contributed by atoms with E-state index in [0.29, 0.717) is 6.54 Å². The fourth-order valence-corrected chi connectivity index (χ4v) is 2.38. The molecule has 0 aromatic heterocycles. The number of nitrogens with two attached hydrogens (primary N) is 1. The lowest BCUT2D eigenvalue weighted by Crippen LogP contribution is -2.22. The van der Waals surface area contributed by atoms with Crippen molar-refractivity contribution in [3.05, 3.63) is 47.5 Å². The Labute approximate surface area is 109 Å². The van der Waals surface area contributed by atoms with E-state index < -0.39 is 0 Å². The largest absolute Gasteiger partial charge is 0.326 e. The third-order valence-electron chi connectivity index (χ3n) is 3.56. The van der Waals surface area contributed by atoms with Crippen LogP contribution in [0.1, 0.15) is 25.0 Å². The quantitative estimate of drug-likeness (QED) is 0.872. The molecule has 2 rings (SSSR count). The van der Waals surface area contributed by atoms with E-state index in [-0.39, 0.29) is 0 Å². The fraction of sp³-hybridized carbons (Fsp3) is 0.375. The van der Waals surface area contributed by atoms with E-state index in [9.17, 15) is 0 Å². The third-order valence-corrected chi connectivity index (χ3v) is 3.56. The molecule has 0 aliphatic carbocycles. The summed E-state index contributed by atoms with van der Waals surface area (Å²) in [6, 6.07) is 13.1. The zero-order valence-corrected chi connectivity index (χ0v) is 11.3. The number of hydrogen-bond donors (Lipinski definition) is 1. The standard InChI is InChI=1S/C16H22N2/c1-3-18(4-2)12-13-8-9-16-14(10-13)6-5-7-15(16)11-17/h5-10H,3-4,11-12,17H2,1-2H3. The van der Waals surface area contributed by atoms with Crippen LogP contribution in [-0.2, 0) is 13.1 Å². The first kappa shape index (κ1) is 13.1. The Morgan fingerprint density at radius 1 is 1.06 bits per heavy atom. The molecule has 0 aliphatic heterocycles. The van der Waals surface area contributed by atoms with Gasteiger partial charge in [0.2, 0.25) is 0 Å². The van der Waals surface area contributed by atoms with Gasteiger partial charge in [0.25, 0.3) is 0 Å². The molecule has 0 saturated heterocycles. The highest BCUT2D eigenvalue weighted by Crippen LogP contribution is 2.20. The number of hydrogen-bond acceptors (Lipinski definition) is 2. The molecule has 2 aromatic carbocycles. The molecular formula is C16H22N2. The lowest BCUT2D eigenvalue weighted by Gasteiger charge is -2.18. The molecule has 2 heteroatoms. The van der Waals surface area contributed by atoms with Crippen LogP contribution in [0.5, 0.6) is 0 Å². The van der Waals surface area contributed by atoms with Crippen LogP contribution in [0, 0.1) is 0 Å². The highest BCUT2D eigenvalue weighted by atomic mass is 15.1. The first-order chi connectivity index (χ1) is 8.78. The minimum absolute atomic E-state index is 0.604. The lowest BCUT2D eigenvalue weighted by atomic mass is 10.0. The van der Waals surface area contributed by atoms with Crippen molar-refractivity contribution in [1.82, 2.24) is 4.90 Å². The second-order valence-electron chi connectivity index (χ2n) is 4.64. The van der Waals surface area contributed by atoms with Gasteiger partial charge in [-0.25, -0.2) is 0 Å². The second-order valence-corrected chi connectivity index (χ2v) is 4.64. The first-order valence-corrected chi connectivity index (χ1v) is 6.71. The van der Waals surface area contributed by atoms with Crippen LogP contribution in [0.15, 0.2) is 36.4 Å². The number of fused-ring (bicyclic) bond motifs is 1. The molecule has 0 unspecified atom stereocenters. The molecule has 2 aromatic rings. The van der Waals surface area contributed by atoms with E-state index in [1.165, 1.54) is 21.9 Å². The van der Waals surface area contributed by atoms with Crippen LogP contribution in [0.2, 0.25) is 0 Å².